The van der Waals surface area contributed by atoms with Crippen LogP contribution >= 0.6 is 0 Å². The second kappa shape index (κ2) is 13.1. The summed E-state index contributed by atoms with van der Waals surface area (Å²) in [6, 6.07) is 5.08. The number of aromatic nitrogens is 3. The first-order chi connectivity index (χ1) is 15.8. The number of ether oxygens (including phenoxy) is 2. The predicted molar refractivity (Wildman–Crippen MR) is 122 cm³/mol. The zero-order valence-electron chi connectivity index (χ0n) is 19.8. The molecule has 0 aliphatic rings. The van der Waals surface area contributed by atoms with E-state index in [0.29, 0.717) is 17.2 Å². The van der Waals surface area contributed by atoms with Crippen molar-refractivity contribution < 1.29 is 22.6 Å². The van der Waals surface area contributed by atoms with Crippen LogP contribution in [0.25, 0.3) is 0 Å². The van der Waals surface area contributed by atoms with Crippen molar-refractivity contribution in [1.29, 1.82) is 0 Å². The molecule has 0 atom stereocenters. The van der Waals surface area contributed by atoms with Crippen LogP contribution in [0.15, 0.2) is 35.3 Å². The molecule has 33 heavy (non-hydrogen) atoms. The molecule has 3 rings (SSSR count). The van der Waals surface area contributed by atoms with Crippen molar-refractivity contribution in [2.75, 3.05) is 19.5 Å². The minimum Gasteiger partial charge on any atom is -0.493 e. The third-order valence-electron chi connectivity index (χ3n) is 4.12. The lowest BCUT2D eigenvalue weighted by Gasteiger charge is -2.16. The van der Waals surface area contributed by atoms with E-state index in [1.165, 1.54) is 18.9 Å². The van der Waals surface area contributed by atoms with Crippen molar-refractivity contribution in [3.05, 3.63) is 69.4 Å². The van der Waals surface area contributed by atoms with E-state index < -0.39 is 23.0 Å². The highest BCUT2D eigenvalue weighted by Crippen LogP contribution is 2.33. The quantitative estimate of drug-likeness (QED) is 0.502. The number of benzene rings is 2. The normalized spacial score (nSPS) is 9.76. The Morgan fingerprint density at radius 1 is 0.939 bits per heavy atom. The Kier molecular flexibility index (Phi) is 10.9. The second-order valence-electron chi connectivity index (χ2n) is 6.10. The molecule has 180 valence electrons. The second-order valence-corrected chi connectivity index (χ2v) is 6.10. The van der Waals surface area contributed by atoms with Gasteiger partial charge >= 0.3 is 0 Å². The van der Waals surface area contributed by atoms with E-state index in [9.17, 15) is 18.0 Å². The molecule has 10 heteroatoms. The van der Waals surface area contributed by atoms with Gasteiger partial charge in [0.1, 0.15) is 6.20 Å². The van der Waals surface area contributed by atoms with E-state index in [4.69, 9.17) is 9.47 Å². The third kappa shape index (κ3) is 6.96. The molecule has 0 aliphatic carbocycles. The highest BCUT2D eigenvalue weighted by molar-refractivity contribution is 5.64. The topological polar surface area (TPSA) is 78.3 Å². The molecule has 1 N–H and O–H groups in total. The van der Waals surface area contributed by atoms with Crippen molar-refractivity contribution in [2.45, 2.75) is 41.2 Å². The first kappa shape index (κ1) is 27.5. The Balaban J connectivity index is 0.00000129. The van der Waals surface area contributed by atoms with Gasteiger partial charge in [0, 0.05) is 11.8 Å². The number of methoxy groups -OCH3 is 2. The van der Waals surface area contributed by atoms with Crippen LogP contribution in [0.4, 0.5) is 24.8 Å². The van der Waals surface area contributed by atoms with Crippen LogP contribution in [0.2, 0.25) is 0 Å². The highest BCUT2D eigenvalue weighted by Gasteiger charge is 2.14. The first-order valence-corrected chi connectivity index (χ1v) is 10.4. The standard InChI is InChI=1S/C19H17F3N4O3.2C2H6/c1-10-4-15(28-2)16(29-3)7-14(10)24-19-25-17(27)8-23-26(19)9-11-5-12(20)18(22)13(21)6-11;2*1-2/h4-8H,9H2,1-3H3,(H,24,25,27);2*1-2H3. The Hall–Kier alpha value is -3.56. The Bertz CT molecular complexity index is 1100. The van der Waals surface area contributed by atoms with Gasteiger partial charge in [-0.2, -0.15) is 10.1 Å². The summed E-state index contributed by atoms with van der Waals surface area (Å²) in [6.45, 7) is 9.64. The van der Waals surface area contributed by atoms with E-state index in [0.717, 1.165) is 23.9 Å². The van der Waals surface area contributed by atoms with E-state index in [1.807, 2.05) is 27.7 Å². The maximum atomic E-state index is 13.5. The minimum atomic E-state index is -1.56. The molecule has 0 aliphatic heterocycles. The van der Waals surface area contributed by atoms with Gasteiger partial charge in [-0.25, -0.2) is 17.9 Å². The van der Waals surface area contributed by atoms with Gasteiger partial charge in [-0.3, -0.25) is 4.79 Å². The van der Waals surface area contributed by atoms with Crippen molar-refractivity contribution >= 4 is 11.6 Å². The number of hydrogen-bond donors (Lipinski definition) is 1. The van der Waals surface area contributed by atoms with Crippen LogP contribution in [0.5, 0.6) is 11.5 Å². The molecule has 0 saturated carbocycles. The number of hydrogen-bond acceptors (Lipinski definition) is 6. The van der Waals surface area contributed by atoms with Gasteiger partial charge in [0.05, 0.1) is 20.8 Å². The largest absolute Gasteiger partial charge is 0.493 e. The van der Waals surface area contributed by atoms with Gasteiger partial charge in [-0.05, 0) is 36.2 Å². The van der Waals surface area contributed by atoms with E-state index >= 15 is 0 Å². The van der Waals surface area contributed by atoms with E-state index in [2.05, 4.69) is 15.4 Å². The Morgan fingerprint density at radius 2 is 1.48 bits per heavy atom. The van der Waals surface area contributed by atoms with E-state index in [1.54, 1.807) is 19.1 Å². The number of nitrogens with zero attached hydrogens (tertiary/aromatic N) is 3. The van der Waals surface area contributed by atoms with Crippen molar-refractivity contribution in [2.24, 2.45) is 0 Å². The first-order valence-electron chi connectivity index (χ1n) is 10.4. The predicted octanol–water partition coefficient (Wildman–Crippen LogP) is 5.23. The molecular weight excluding hydrogens is 437 g/mol. The number of halogens is 3. The van der Waals surface area contributed by atoms with Crippen LogP contribution in [0.1, 0.15) is 38.8 Å². The lowest BCUT2D eigenvalue weighted by atomic mass is 10.1. The maximum Gasteiger partial charge on any atom is 0.293 e. The number of aryl methyl sites for hydroxylation is 1. The summed E-state index contributed by atoms with van der Waals surface area (Å²) in [4.78, 5) is 15.6. The fourth-order valence-electron chi connectivity index (χ4n) is 2.68. The van der Waals surface area contributed by atoms with Crippen molar-refractivity contribution in [3.63, 3.8) is 0 Å². The molecule has 0 spiro atoms. The van der Waals surface area contributed by atoms with Crippen molar-refractivity contribution in [3.8, 4) is 11.5 Å². The number of anilines is 2. The lowest BCUT2D eigenvalue weighted by Crippen LogP contribution is -2.19. The summed E-state index contributed by atoms with van der Waals surface area (Å²) in [6.07, 6.45) is 0.961. The average molecular weight is 467 g/mol. The molecule has 2 aromatic carbocycles. The summed E-state index contributed by atoms with van der Waals surface area (Å²) in [5, 5.41) is 6.90. The molecule has 0 unspecified atom stereocenters. The smallest absolute Gasteiger partial charge is 0.293 e. The van der Waals surface area contributed by atoms with Crippen LogP contribution in [0, 0.1) is 24.4 Å². The van der Waals surface area contributed by atoms with Gasteiger partial charge in [-0.15, -0.1) is 0 Å². The van der Waals surface area contributed by atoms with Gasteiger partial charge in [-0.1, -0.05) is 27.7 Å². The van der Waals surface area contributed by atoms with Gasteiger partial charge in [0.2, 0.25) is 5.95 Å². The maximum absolute atomic E-state index is 13.5. The zero-order valence-corrected chi connectivity index (χ0v) is 19.8. The molecule has 0 saturated heterocycles. The van der Waals surface area contributed by atoms with Crippen LogP contribution in [0.3, 0.4) is 0 Å². The highest BCUT2D eigenvalue weighted by atomic mass is 19.2. The summed E-state index contributed by atoms with van der Waals surface area (Å²) in [5.74, 6) is -3.21. The Labute approximate surface area is 191 Å². The SMILES string of the molecule is CC.CC.COc1cc(C)c(Nc2nc(=O)cnn2Cc2cc(F)c(F)c(F)c2)cc1OC. The number of nitrogens with one attached hydrogen (secondary N) is 1. The minimum absolute atomic E-state index is 0.0259. The van der Waals surface area contributed by atoms with Crippen molar-refractivity contribution in [1.82, 2.24) is 14.8 Å². The average Bonchev–Trinajstić information content (AvgIpc) is 2.82. The molecular formula is C23H29F3N4O3. The molecule has 3 aromatic rings. The summed E-state index contributed by atoms with van der Waals surface area (Å²) >= 11 is 0. The summed E-state index contributed by atoms with van der Waals surface area (Å²) < 4.78 is 51.9. The lowest BCUT2D eigenvalue weighted by molar-refractivity contribution is 0.355. The van der Waals surface area contributed by atoms with Crippen LogP contribution < -0.4 is 20.3 Å². The molecule has 0 bridgehead atoms. The molecule has 1 heterocycles. The summed E-state index contributed by atoms with van der Waals surface area (Å²) in [5.41, 5.74) is 0.795. The monoisotopic (exact) mass is 466 g/mol. The fraction of sp³-hybridized carbons (Fsp3) is 0.348. The fourth-order valence-corrected chi connectivity index (χ4v) is 2.68. The van der Waals surface area contributed by atoms with E-state index in [-0.39, 0.29) is 18.1 Å². The summed E-state index contributed by atoms with van der Waals surface area (Å²) in [7, 11) is 2.98. The third-order valence-corrected chi connectivity index (χ3v) is 4.12. The Morgan fingerprint density at radius 3 is 2.03 bits per heavy atom. The molecule has 0 fully saturated rings. The van der Waals surface area contributed by atoms with Crippen LogP contribution in [-0.4, -0.2) is 29.0 Å². The van der Waals surface area contributed by atoms with Crippen LogP contribution in [-0.2, 0) is 6.54 Å². The van der Waals surface area contributed by atoms with Gasteiger partial charge in [0.25, 0.3) is 5.56 Å². The van der Waals surface area contributed by atoms with Gasteiger partial charge < -0.3 is 14.8 Å². The number of rotatable bonds is 6. The molecule has 0 amide bonds. The molecule has 0 radical (unpaired) electrons. The van der Waals surface area contributed by atoms with Gasteiger partial charge in [0.15, 0.2) is 29.0 Å². The zero-order chi connectivity index (χ0) is 25.1. The molecule has 1 aromatic heterocycles. The molecule has 7 nitrogen and oxygen atoms in total.